The number of ether oxygens (including phenoxy) is 1. The Bertz CT molecular complexity index is 490. The van der Waals surface area contributed by atoms with Crippen LogP contribution in [0.2, 0.25) is 5.28 Å². The van der Waals surface area contributed by atoms with Crippen LogP contribution in [-0.4, -0.2) is 40.3 Å². The maximum Gasteiger partial charge on any atom is 0.308 e. The third kappa shape index (κ3) is 6.11. The van der Waals surface area contributed by atoms with Crippen LogP contribution in [0.5, 0.6) is 0 Å². The highest BCUT2D eigenvalue weighted by atomic mass is 35.5. The summed E-state index contributed by atoms with van der Waals surface area (Å²) >= 11 is 5.65. The van der Waals surface area contributed by atoms with E-state index in [1.165, 1.54) is 7.11 Å². The van der Waals surface area contributed by atoms with Crippen molar-refractivity contribution in [1.29, 1.82) is 0 Å². The van der Waals surface area contributed by atoms with Gasteiger partial charge >= 0.3 is 5.97 Å². The van der Waals surface area contributed by atoms with Gasteiger partial charge in [-0.25, -0.2) is 9.37 Å². The molecule has 2 N–H and O–H groups in total. The second kappa shape index (κ2) is 9.53. The number of nitrogens with zero attached hydrogens (tertiary/aromatic N) is 2. The lowest BCUT2D eigenvalue weighted by Crippen LogP contribution is -2.36. The standard InChI is InChI=1S/C14H21ClFN3O3/c1-3-4-5-6-10(11(20)7-12(21)22-2)18-13-9(16)8-17-14(15)19-13/h8,10-11,20H,3-7H2,1-2H3,(H,17,18,19)/t10-,11-/m0/s1. The van der Waals surface area contributed by atoms with Gasteiger partial charge in [0.1, 0.15) is 0 Å². The summed E-state index contributed by atoms with van der Waals surface area (Å²) in [4.78, 5) is 18.6. The molecule has 0 saturated carbocycles. The van der Waals surface area contributed by atoms with E-state index in [0.717, 1.165) is 25.5 Å². The molecule has 0 aliphatic rings. The zero-order chi connectivity index (χ0) is 16.5. The topological polar surface area (TPSA) is 84.3 Å². The Morgan fingerprint density at radius 2 is 2.27 bits per heavy atom. The smallest absolute Gasteiger partial charge is 0.308 e. The Balaban J connectivity index is 2.79. The van der Waals surface area contributed by atoms with E-state index >= 15 is 0 Å². The van der Waals surface area contributed by atoms with Gasteiger partial charge in [-0.05, 0) is 18.0 Å². The third-order valence-electron chi connectivity index (χ3n) is 3.22. The van der Waals surface area contributed by atoms with Crippen molar-refractivity contribution in [1.82, 2.24) is 9.97 Å². The molecule has 0 amide bonds. The molecule has 2 atom stereocenters. The number of carbonyl (C=O) groups excluding carboxylic acids is 1. The van der Waals surface area contributed by atoms with Crippen LogP contribution in [0.3, 0.4) is 0 Å². The number of esters is 1. The Kier molecular flexibility index (Phi) is 8.05. The Hall–Kier alpha value is -1.47. The first-order valence-corrected chi connectivity index (χ1v) is 7.55. The number of methoxy groups -OCH3 is 1. The predicted octanol–water partition coefficient (Wildman–Crippen LogP) is 2.55. The fourth-order valence-electron chi connectivity index (χ4n) is 1.99. The highest BCUT2D eigenvalue weighted by Gasteiger charge is 2.23. The van der Waals surface area contributed by atoms with Gasteiger partial charge in [-0.15, -0.1) is 0 Å². The summed E-state index contributed by atoms with van der Waals surface area (Å²) in [6.07, 6.45) is 3.12. The molecular formula is C14H21ClFN3O3. The fraction of sp³-hybridized carbons (Fsp3) is 0.643. The predicted molar refractivity (Wildman–Crippen MR) is 81.2 cm³/mol. The number of anilines is 1. The van der Waals surface area contributed by atoms with Crippen LogP contribution in [-0.2, 0) is 9.53 Å². The molecule has 124 valence electrons. The van der Waals surface area contributed by atoms with Crippen molar-refractivity contribution in [3.8, 4) is 0 Å². The number of halogens is 2. The van der Waals surface area contributed by atoms with E-state index in [0.29, 0.717) is 6.42 Å². The average Bonchev–Trinajstić information content (AvgIpc) is 2.49. The zero-order valence-corrected chi connectivity index (χ0v) is 13.4. The SMILES string of the molecule is CCCCC[C@H](Nc1nc(Cl)ncc1F)[C@@H](O)CC(=O)OC. The lowest BCUT2D eigenvalue weighted by atomic mass is 10.0. The van der Waals surface area contributed by atoms with Crippen molar-refractivity contribution in [2.24, 2.45) is 0 Å². The highest BCUT2D eigenvalue weighted by Crippen LogP contribution is 2.18. The van der Waals surface area contributed by atoms with E-state index in [2.05, 4.69) is 26.9 Å². The normalized spacial score (nSPS) is 13.5. The van der Waals surface area contributed by atoms with Gasteiger partial charge in [0.2, 0.25) is 5.28 Å². The Morgan fingerprint density at radius 1 is 1.55 bits per heavy atom. The van der Waals surface area contributed by atoms with Gasteiger partial charge in [0, 0.05) is 0 Å². The molecule has 1 rings (SSSR count). The van der Waals surface area contributed by atoms with Crippen LogP contribution in [0, 0.1) is 5.82 Å². The summed E-state index contributed by atoms with van der Waals surface area (Å²) in [5.74, 6) is -1.29. The molecular weight excluding hydrogens is 313 g/mol. The fourth-order valence-corrected chi connectivity index (χ4v) is 2.13. The zero-order valence-electron chi connectivity index (χ0n) is 12.7. The Labute approximate surface area is 134 Å². The number of hydrogen-bond donors (Lipinski definition) is 2. The third-order valence-corrected chi connectivity index (χ3v) is 3.41. The van der Waals surface area contributed by atoms with E-state index in [4.69, 9.17) is 11.6 Å². The maximum absolute atomic E-state index is 13.7. The van der Waals surface area contributed by atoms with E-state index in [1.807, 2.05) is 0 Å². The largest absolute Gasteiger partial charge is 0.469 e. The second-order valence-electron chi connectivity index (χ2n) is 4.93. The number of rotatable bonds is 9. The molecule has 0 aromatic carbocycles. The number of aliphatic hydroxyl groups excluding tert-OH is 1. The quantitative estimate of drug-likeness (QED) is 0.410. The van der Waals surface area contributed by atoms with Gasteiger partial charge < -0.3 is 15.2 Å². The molecule has 6 nitrogen and oxygen atoms in total. The molecule has 0 radical (unpaired) electrons. The molecule has 8 heteroatoms. The van der Waals surface area contributed by atoms with Crippen molar-refractivity contribution in [3.63, 3.8) is 0 Å². The second-order valence-corrected chi connectivity index (χ2v) is 5.27. The summed E-state index contributed by atoms with van der Waals surface area (Å²) in [7, 11) is 1.25. The van der Waals surface area contributed by atoms with Crippen molar-refractivity contribution in [2.75, 3.05) is 12.4 Å². The minimum absolute atomic E-state index is 0.0922. The van der Waals surface area contributed by atoms with Gasteiger partial charge in [0.05, 0.1) is 31.9 Å². The molecule has 0 saturated heterocycles. The highest BCUT2D eigenvalue weighted by molar-refractivity contribution is 6.28. The first-order chi connectivity index (χ1) is 10.5. The number of hydrogen-bond acceptors (Lipinski definition) is 6. The lowest BCUT2D eigenvalue weighted by Gasteiger charge is -2.24. The van der Waals surface area contributed by atoms with Gasteiger partial charge in [-0.3, -0.25) is 4.79 Å². The summed E-state index contributed by atoms with van der Waals surface area (Å²) in [5, 5.41) is 12.9. The summed E-state index contributed by atoms with van der Waals surface area (Å²) in [6.45, 7) is 2.05. The number of aromatic nitrogens is 2. The van der Waals surface area contributed by atoms with E-state index in [1.54, 1.807) is 0 Å². The van der Waals surface area contributed by atoms with Gasteiger partial charge in [0.15, 0.2) is 11.6 Å². The molecule has 1 aromatic heterocycles. The summed E-state index contributed by atoms with van der Waals surface area (Å²) < 4.78 is 18.2. The van der Waals surface area contributed by atoms with Crippen LogP contribution in [0.25, 0.3) is 0 Å². The summed E-state index contributed by atoms with van der Waals surface area (Å²) in [6, 6.07) is -0.536. The van der Waals surface area contributed by atoms with Gasteiger partial charge in [-0.2, -0.15) is 4.98 Å². The molecule has 0 spiro atoms. The van der Waals surface area contributed by atoms with Crippen molar-refractivity contribution >= 4 is 23.4 Å². The van der Waals surface area contributed by atoms with E-state index in [-0.39, 0.29) is 17.5 Å². The first kappa shape index (κ1) is 18.6. The van der Waals surface area contributed by atoms with Crippen LogP contribution in [0.15, 0.2) is 6.20 Å². The minimum atomic E-state index is -1.02. The molecule has 1 aromatic rings. The summed E-state index contributed by atoms with van der Waals surface area (Å²) in [5.41, 5.74) is 0. The number of nitrogens with one attached hydrogen (secondary N) is 1. The minimum Gasteiger partial charge on any atom is -0.469 e. The molecule has 0 aliphatic carbocycles. The van der Waals surface area contributed by atoms with Crippen molar-refractivity contribution < 1.29 is 19.0 Å². The van der Waals surface area contributed by atoms with Crippen LogP contribution >= 0.6 is 11.6 Å². The molecule has 22 heavy (non-hydrogen) atoms. The van der Waals surface area contributed by atoms with Crippen LogP contribution < -0.4 is 5.32 Å². The molecule has 0 aliphatic heterocycles. The van der Waals surface area contributed by atoms with Crippen LogP contribution in [0.4, 0.5) is 10.2 Å². The number of unbranched alkanes of at least 4 members (excludes halogenated alkanes) is 2. The molecule has 1 heterocycles. The lowest BCUT2D eigenvalue weighted by molar-refractivity contribution is -0.143. The molecule has 0 fully saturated rings. The van der Waals surface area contributed by atoms with Crippen LogP contribution in [0.1, 0.15) is 39.0 Å². The van der Waals surface area contributed by atoms with Gasteiger partial charge in [-0.1, -0.05) is 26.2 Å². The van der Waals surface area contributed by atoms with Crippen molar-refractivity contribution in [2.45, 2.75) is 51.2 Å². The first-order valence-electron chi connectivity index (χ1n) is 7.17. The molecule has 0 bridgehead atoms. The van der Waals surface area contributed by atoms with Crippen molar-refractivity contribution in [3.05, 3.63) is 17.3 Å². The monoisotopic (exact) mass is 333 g/mol. The molecule has 0 unspecified atom stereocenters. The number of aliphatic hydroxyl groups is 1. The van der Waals surface area contributed by atoms with E-state index < -0.39 is 23.9 Å². The van der Waals surface area contributed by atoms with E-state index in [9.17, 15) is 14.3 Å². The number of carbonyl (C=O) groups is 1. The maximum atomic E-state index is 13.7. The average molecular weight is 334 g/mol. The van der Waals surface area contributed by atoms with Gasteiger partial charge in [0.25, 0.3) is 0 Å². The Morgan fingerprint density at radius 3 is 2.91 bits per heavy atom.